The van der Waals surface area contributed by atoms with E-state index in [0.717, 1.165) is 11.6 Å². The second kappa shape index (κ2) is 5.39. The SMILES string of the molecule is COc1cc(F)ccc1NC(C)CC1CCC1. The van der Waals surface area contributed by atoms with Crippen LogP contribution in [0.15, 0.2) is 18.2 Å². The summed E-state index contributed by atoms with van der Waals surface area (Å²) in [6, 6.07) is 5.02. The van der Waals surface area contributed by atoms with Crippen molar-refractivity contribution in [2.24, 2.45) is 5.92 Å². The van der Waals surface area contributed by atoms with Crippen LogP contribution in [0.25, 0.3) is 0 Å². The lowest BCUT2D eigenvalue weighted by Crippen LogP contribution is -2.23. The fourth-order valence-corrected chi connectivity index (χ4v) is 2.34. The molecule has 1 aliphatic rings. The third kappa shape index (κ3) is 3.11. The van der Waals surface area contributed by atoms with Crippen LogP contribution in [0.5, 0.6) is 5.75 Å². The Morgan fingerprint density at radius 2 is 2.24 bits per heavy atom. The molecule has 17 heavy (non-hydrogen) atoms. The van der Waals surface area contributed by atoms with Crippen LogP contribution in [0, 0.1) is 11.7 Å². The van der Waals surface area contributed by atoms with E-state index in [-0.39, 0.29) is 5.82 Å². The molecule has 3 heteroatoms. The van der Waals surface area contributed by atoms with E-state index in [1.807, 2.05) is 0 Å². The van der Waals surface area contributed by atoms with Crippen molar-refractivity contribution in [2.75, 3.05) is 12.4 Å². The molecule has 1 unspecified atom stereocenters. The Morgan fingerprint density at radius 3 is 2.82 bits per heavy atom. The summed E-state index contributed by atoms with van der Waals surface area (Å²) in [7, 11) is 1.57. The van der Waals surface area contributed by atoms with E-state index in [1.165, 1.54) is 37.8 Å². The number of benzene rings is 1. The Hall–Kier alpha value is -1.25. The van der Waals surface area contributed by atoms with Gasteiger partial charge in [0, 0.05) is 12.1 Å². The van der Waals surface area contributed by atoms with Gasteiger partial charge >= 0.3 is 0 Å². The molecule has 1 N–H and O–H groups in total. The average molecular weight is 237 g/mol. The normalized spacial score (nSPS) is 17.4. The number of nitrogens with one attached hydrogen (secondary N) is 1. The highest BCUT2D eigenvalue weighted by Crippen LogP contribution is 2.32. The van der Waals surface area contributed by atoms with Crippen molar-refractivity contribution in [1.29, 1.82) is 0 Å². The van der Waals surface area contributed by atoms with E-state index in [0.29, 0.717) is 11.8 Å². The molecule has 0 aromatic heterocycles. The Kier molecular flexibility index (Phi) is 3.87. The molecule has 0 amide bonds. The summed E-state index contributed by atoms with van der Waals surface area (Å²) in [6.07, 6.45) is 5.26. The molecule has 1 aliphatic carbocycles. The second-order valence-corrected chi connectivity index (χ2v) is 4.92. The largest absolute Gasteiger partial charge is 0.494 e. The van der Waals surface area contributed by atoms with Crippen LogP contribution in [0.1, 0.15) is 32.6 Å². The van der Waals surface area contributed by atoms with Crippen LogP contribution in [0.4, 0.5) is 10.1 Å². The van der Waals surface area contributed by atoms with Crippen LogP contribution < -0.4 is 10.1 Å². The third-order valence-corrected chi connectivity index (χ3v) is 3.48. The van der Waals surface area contributed by atoms with Gasteiger partial charge in [-0.3, -0.25) is 0 Å². The van der Waals surface area contributed by atoms with E-state index in [2.05, 4.69) is 12.2 Å². The van der Waals surface area contributed by atoms with Gasteiger partial charge in [0.25, 0.3) is 0 Å². The van der Waals surface area contributed by atoms with Crippen molar-refractivity contribution < 1.29 is 9.13 Å². The van der Waals surface area contributed by atoms with Crippen molar-refractivity contribution in [3.63, 3.8) is 0 Å². The maximum atomic E-state index is 13.0. The molecule has 1 saturated carbocycles. The van der Waals surface area contributed by atoms with Gasteiger partial charge in [-0.05, 0) is 31.4 Å². The van der Waals surface area contributed by atoms with Crippen LogP contribution >= 0.6 is 0 Å². The van der Waals surface area contributed by atoms with Crippen LogP contribution in [0.3, 0.4) is 0 Å². The first-order chi connectivity index (χ1) is 8.19. The molecule has 1 atom stereocenters. The standard InChI is InChI=1S/C14H20FNO/c1-10(8-11-4-3-5-11)16-13-7-6-12(15)9-14(13)17-2/h6-7,9-11,16H,3-5,8H2,1-2H3. The molecular formula is C14H20FNO. The highest BCUT2D eigenvalue weighted by molar-refractivity contribution is 5.56. The van der Waals surface area contributed by atoms with Gasteiger partial charge in [-0.15, -0.1) is 0 Å². The molecule has 2 rings (SSSR count). The molecule has 0 heterocycles. The summed E-state index contributed by atoms with van der Waals surface area (Å²) in [5.74, 6) is 1.17. The molecular weight excluding hydrogens is 217 g/mol. The molecule has 1 fully saturated rings. The first-order valence-corrected chi connectivity index (χ1v) is 6.29. The molecule has 0 spiro atoms. The van der Waals surface area contributed by atoms with E-state index in [4.69, 9.17) is 4.74 Å². The number of methoxy groups -OCH3 is 1. The monoisotopic (exact) mass is 237 g/mol. The van der Waals surface area contributed by atoms with Crippen molar-refractivity contribution in [1.82, 2.24) is 0 Å². The van der Waals surface area contributed by atoms with Crippen LogP contribution in [0.2, 0.25) is 0 Å². The Bertz CT molecular complexity index is 376. The number of anilines is 1. The summed E-state index contributed by atoms with van der Waals surface area (Å²) in [4.78, 5) is 0. The van der Waals surface area contributed by atoms with Gasteiger partial charge in [0.15, 0.2) is 0 Å². The average Bonchev–Trinajstić information content (AvgIpc) is 2.26. The highest BCUT2D eigenvalue weighted by atomic mass is 19.1. The zero-order valence-electron chi connectivity index (χ0n) is 10.5. The van der Waals surface area contributed by atoms with Gasteiger partial charge in [-0.1, -0.05) is 19.3 Å². The molecule has 1 aromatic carbocycles. The number of hydrogen-bond acceptors (Lipinski definition) is 2. The topological polar surface area (TPSA) is 21.3 Å². The minimum atomic E-state index is -0.265. The molecule has 94 valence electrons. The highest BCUT2D eigenvalue weighted by Gasteiger charge is 2.20. The molecule has 0 saturated heterocycles. The lowest BCUT2D eigenvalue weighted by Gasteiger charge is -2.29. The summed E-state index contributed by atoms with van der Waals surface area (Å²) >= 11 is 0. The molecule has 0 aliphatic heterocycles. The molecule has 2 nitrogen and oxygen atoms in total. The van der Waals surface area contributed by atoms with Crippen molar-refractivity contribution in [3.8, 4) is 5.75 Å². The van der Waals surface area contributed by atoms with Gasteiger partial charge in [0.05, 0.1) is 12.8 Å². The summed E-state index contributed by atoms with van der Waals surface area (Å²) in [5, 5.41) is 3.40. The molecule has 0 bridgehead atoms. The summed E-state index contributed by atoms with van der Waals surface area (Å²) in [5.41, 5.74) is 0.876. The number of rotatable bonds is 5. The smallest absolute Gasteiger partial charge is 0.144 e. The zero-order valence-corrected chi connectivity index (χ0v) is 10.5. The Balaban J connectivity index is 1.96. The maximum absolute atomic E-state index is 13.0. The van der Waals surface area contributed by atoms with Gasteiger partial charge in [-0.25, -0.2) is 4.39 Å². The van der Waals surface area contributed by atoms with Gasteiger partial charge in [0.2, 0.25) is 0 Å². The second-order valence-electron chi connectivity index (χ2n) is 4.92. The lowest BCUT2D eigenvalue weighted by molar-refractivity contribution is 0.285. The van der Waals surface area contributed by atoms with Crippen LogP contribution in [-0.2, 0) is 0 Å². The fraction of sp³-hybridized carbons (Fsp3) is 0.571. The zero-order chi connectivity index (χ0) is 12.3. The predicted molar refractivity (Wildman–Crippen MR) is 68.0 cm³/mol. The Morgan fingerprint density at radius 1 is 1.47 bits per heavy atom. The molecule has 1 aromatic rings. The molecule has 0 radical (unpaired) electrons. The van der Waals surface area contributed by atoms with Crippen molar-refractivity contribution in [3.05, 3.63) is 24.0 Å². The number of ether oxygens (including phenoxy) is 1. The van der Waals surface area contributed by atoms with Crippen molar-refractivity contribution in [2.45, 2.75) is 38.6 Å². The van der Waals surface area contributed by atoms with Gasteiger partial charge in [-0.2, -0.15) is 0 Å². The van der Waals surface area contributed by atoms with E-state index < -0.39 is 0 Å². The third-order valence-electron chi connectivity index (χ3n) is 3.48. The predicted octanol–water partition coefficient (Wildman–Crippen LogP) is 3.82. The maximum Gasteiger partial charge on any atom is 0.144 e. The number of hydrogen-bond donors (Lipinski definition) is 1. The van der Waals surface area contributed by atoms with E-state index in [9.17, 15) is 4.39 Å². The van der Waals surface area contributed by atoms with Gasteiger partial charge in [0.1, 0.15) is 11.6 Å². The minimum absolute atomic E-state index is 0.265. The Labute approximate surface area is 102 Å². The fourth-order valence-electron chi connectivity index (χ4n) is 2.34. The number of halogens is 1. The summed E-state index contributed by atoms with van der Waals surface area (Å²) in [6.45, 7) is 2.17. The first-order valence-electron chi connectivity index (χ1n) is 6.29. The van der Waals surface area contributed by atoms with Crippen LogP contribution in [-0.4, -0.2) is 13.2 Å². The first kappa shape index (κ1) is 12.2. The summed E-state index contributed by atoms with van der Waals surface area (Å²) < 4.78 is 18.2. The van der Waals surface area contributed by atoms with Crippen molar-refractivity contribution >= 4 is 5.69 Å². The van der Waals surface area contributed by atoms with Gasteiger partial charge < -0.3 is 10.1 Å². The van der Waals surface area contributed by atoms with E-state index in [1.54, 1.807) is 13.2 Å². The minimum Gasteiger partial charge on any atom is -0.494 e. The lowest BCUT2D eigenvalue weighted by atomic mass is 9.81. The quantitative estimate of drug-likeness (QED) is 0.840. The van der Waals surface area contributed by atoms with E-state index >= 15 is 0 Å².